The van der Waals surface area contributed by atoms with Gasteiger partial charge in [-0.05, 0) is 20.8 Å². The van der Waals surface area contributed by atoms with Gasteiger partial charge in [-0.15, -0.1) is 0 Å². The number of hydrogen-bond donors (Lipinski definition) is 2. The summed E-state index contributed by atoms with van der Waals surface area (Å²) in [7, 11) is 0. The van der Waals surface area contributed by atoms with Gasteiger partial charge in [0, 0.05) is 11.1 Å². The van der Waals surface area contributed by atoms with Crippen LogP contribution in [0.25, 0.3) is 0 Å². The lowest BCUT2D eigenvalue weighted by atomic mass is 10.0. The van der Waals surface area contributed by atoms with Crippen molar-refractivity contribution in [2.75, 3.05) is 0 Å². The molecule has 0 radical (unpaired) electrons. The first-order valence-electron chi connectivity index (χ1n) is 3.11. The van der Waals surface area contributed by atoms with E-state index in [1.54, 1.807) is 26.8 Å². The van der Waals surface area contributed by atoms with Crippen LogP contribution in [0.5, 0.6) is 0 Å². The summed E-state index contributed by atoms with van der Waals surface area (Å²) in [6, 6.07) is 0. The summed E-state index contributed by atoms with van der Waals surface area (Å²) in [5.41, 5.74) is 10.6. The van der Waals surface area contributed by atoms with Crippen molar-refractivity contribution in [1.82, 2.24) is 0 Å². The summed E-state index contributed by atoms with van der Waals surface area (Å²) in [6.45, 7) is 5.26. The van der Waals surface area contributed by atoms with E-state index in [0.29, 0.717) is 5.57 Å². The number of nitrogens with two attached hydrogens (primary N) is 2. The molecule has 0 fully saturated rings. The monoisotopic (exact) mass is 142 g/mol. The van der Waals surface area contributed by atoms with Crippen molar-refractivity contribution < 1.29 is 4.79 Å². The van der Waals surface area contributed by atoms with Crippen molar-refractivity contribution in [1.29, 1.82) is 0 Å². The predicted octanol–water partition coefficient (Wildman–Crippen LogP) is 0.155. The van der Waals surface area contributed by atoms with Crippen LogP contribution in [0.2, 0.25) is 0 Å². The highest BCUT2D eigenvalue weighted by atomic mass is 16.1. The van der Waals surface area contributed by atoms with Crippen molar-refractivity contribution in [3.63, 3.8) is 0 Å². The number of carbonyl (C=O) groups excluding carboxylic acids is 1. The Morgan fingerprint density at radius 1 is 1.50 bits per heavy atom. The predicted molar refractivity (Wildman–Crippen MR) is 41.2 cm³/mol. The van der Waals surface area contributed by atoms with E-state index in [1.807, 2.05) is 0 Å². The Balaban J connectivity index is 4.32. The van der Waals surface area contributed by atoms with E-state index < -0.39 is 11.4 Å². The third kappa shape index (κ3) is 4.09. The molecule has 0 rings (SSSR count). The van der Waals surface area contributed by atoms with E-state index in [-0.39, 0.29) is 0 Å². The standard InChI is InChI=1S/C7H14N2O/c1-5(6(8)10)4-7(2,3)9/h4H,9H2,1-3H3,(H2,8,10)/b5-4+. The molecule has 0 saturated heterocycles. The lowest BCUT2D eigenvalue weighted by molar-refractivity contribution is -0.114. The lowest BCUT2D eigenvalue weighted by Gasteiger charge is -2.12. The van der Waals surface area contributed by atoms with Crippen LogP contribution in [0.4, 0.5) is 0 Å². The van der Waals surface area contributed by atoms with Crippen LogP contribution in [0, 0.1) is 0 Å². The SMILES string of the molecule is C/C(=C\C(C)(C)N)C(N)=O. The number of rotatable bonds is 2. The molecule has 0 heterocycles. The minimum atomic E-state index is -0.459. The molecule has 3 heteroatoms. The second-order valence-corrected chi connectivity index (χ2v) is 3.01. The first-order chi connectivity index (χ1) is 4.33. The van der Waals surface area contributed by atoms with E-state index in [4.69, 9.17) is 11.5 Å². The van der Waals surface area contributed by atoms with Crippen molar-refractivity contribution in [2.45, 2.75) is 26.3 Å². The topological polar surface area (TPSA) is 69.1 Å². The van der Waals surface area contributed by atoms with Crippen LogP contribution in [-0.2, 0) is 4.79 Å². The van der Waals surface area contributed by atoms with E-state index in [0.717, 1.165) is 0 Å². The molecule has 0 aromatic carbocycles. The Hall–Kier alpha value is -0.830. The molecule has 0 atom stereocenters. The smallest absolute Gasteiger partial charge is 0.244 e. The fourth-order valence-corrected chi connectivity index (χ4v) is 0.629. The molecule has 0 aliphatic carbocycles. The zero-order valence-corrected chi connectivity index (χ0v) is 6.64. The van der Waals surface area contributed by atoms with Crippen LogP contribution >= 0.6 is 0 Å². The van der Waals surface area contributed by atoms with E-state index in [1.165, 1.54) is 0 Å². The summed E-state index contributed by atoms with van der Waals surface area (Å²) in [4.78, 5) is 10.5. The molecular weight excluding hydrogens is 128 g/mol. The van der Waals surface area contributed by atoms with Gasteiger partial charge >= 0.3 is 0 Å². The maximum atomic E-state index is 10.5. The van der Waals surface area contributed by atoms with Crippen LogP contribution in [0.15, 0.2) is 11.6 Å². The maximum absolute atomic E-state index is 10.5. The molecular formula is C7H14N2O. The Labute approximate surface area is 61.1 Å². The fraction of sp³-hybridized carbons (Fsp3) is 0.571. The lowest BCUT2D eigenvalue weighted by Crippen LogP contribution is -2.30. The van der Waals surface area contributed by atoms with Gasteiger partial charge in [-0.25, -0.2) is 0 Å². The summed E-state index contributed by atoms with van der Waals surface area (Å²) in [5.74, 6) is -0.418. The molecule has 4 N–H and O–H groups in total. The van der Waals surface area contributed by atoms with Gasteiger partial charge in [-0.3, -0.25) is 4.79 Å². The molecule has 10 heavy (non-hydrogen) atoms. The largest absolute Gasteiger partial charge is 0.366 e. The van der Waals surface area contributed by atoms with Crippen LogP contribution in [0.3, 0.4) is 0 Å². The second kappa shape index (κ2) is 2.84. The number of primary amides is 1. The minimum Gasteiger partial charge on any atom is -0.366 e. The van der Waals surface area contributed by atoms with Gasteiger partial charge in [-0.1, -0.05) is 6.08 Å². The van der Waals surface area contributed by atoms with Gasteiger partial charge in [-0.2, -0.15) is 0 Å². The molecule has 0 bridgehead atoms. The summed E-state index contributed by atoms with van der Waals surface area (Å²) < 4.78 is 0. The highest BCUT2D eigenvalue weighted by molar-refractivity contribution is 5.91. The van der Waals surface area contributed by atoms with Crippen molar-refractivity contribution in [3.05, 3.63) is 11.6 Å². The van der Waals surface area contributed by atoms with Crippen molar-refractivity contribution >= 4 is 5.91 Å². The fourth-order valence-electron chi connectivity index (χ4n) is 0.629. The molecule has 0 aromatic rings. The van der Waals surface area contributed by atoms with E-state index in [2.05, 4.69) is 0 Å². The Bertz CT molecular complexity index is 165. The van der Waals surface area contributed by atoms with Crippen molar-refractivity contribution in [3.8, 4) is 0 Å². The van der Waals surface area contributed by atoms with Crippen LogP contribution in [0.1, 0.15) is 20.8 Å². The third-order valence-corrected chi connectivity index (χ3v) is 0.977. The number of hydrogen-bond acceptors (Lipinski definition) is 2. The normalized spacial score (nSPS) is 13.4. The molecule has 0 aliphatic heterocycles. The molecule has 58 valence electrons. The summed E-state index contributed by atoms with van der Waals surface area (Å²) in [6.07, 6.45) is 1.65. The Kier molecular flexibility index (Phi) is 2.60. The average molecular weight is 142 g/mol. The van der Waals surface area contributed by atoms with Gasteiger partial charge in [0.1, 0.15) is 0 Å². The molecule has 0 spiro atoms. The Morgan fingerprint density at radius 2 is 1.90 bits per heavy atom. The first-order valence-corrected chi connectivity index (χ1v) is 3.11. The summed E-state index contributed by atoms with van der Waals surface area (Å²) >= 11 is 0. The number of amides is 1. The average Bonchev–Trinajstić information content (AvgIpc) is 1.60. The van der Waals surface area contributed by atoms with Gasteiger partial charge in [0.15, 0.2) is 0 Å². The zero-order valence-electron chi connectivity index (χ0n) is 6.64. The van der Waals surface area contributed by atoms with Gasteiger partial charge in [0.2, 0.25) is 5.91 Å². The molecule has 0 saturated carbocycles. The van der Waals surface area contributed by atoms with E-state index >= 15 is 0 Å². The maximum Gasteiger partial charge on any atom is 0.244 e. The molecule has 0 aliphatic rings. The quantitative estimate of drug-likeness (QED) is 0.539. The third-order valence-electron chi connectivity index (χ3n) is 0.977. The summed E-state index contributed by atoms with van der Waals surface area (Å²) in [5, 5.41) is 0. The second-order valence-electron chi connectivity index (χ2n) is 3.01. The molecule has 1 amide bonds. The number of carbonyl (C=O) groups is 1. The minimum absolute atomic E-state index is 0.418. The molecule has 0 unspecified atom stereocenters. The molecule has 0 aromatic heterocycles. The molecule has 3 nitrogen and oxygen atoms in total. The highest BCUT2D eigenvalue weighted by Gasteiger charge is 2.08. The van der Waals surface area contributed by atoms with Crippen molar-refractivity contribution in [2.24, 2.45) is 11.5 Å². The Morgan fingerprint density at radius 3 is 2.00 bits per heavy atom. The highest BCUT2D eigenvalue weighted by Crippen LogP contribution is 2.02. The van der Waals surface area contributed by atoms with Crippen LogP contribution < -0.4 is 11.5 Å². The van der Waals surface area contributed by atoms with Gasteiger partial charge in [0.25, 0.3) is 0 Å². The van der Waals surface area contributed by atoms with Crippen LogP contribution in [-0.4, -0.2) is 11.4 Å². The first kappa shape index (κ1) is 9.17. The van der Waals surface area contributed by atoms with E-state index in [9.17, 15) is 4.79 Å². The van der Waals surface area contributed by atoms with Gasteiger partial charge < -0.3 is 11.5 Å². The zero-order chi connectivity index (χ0) is 8.36. The van der Waals surface area contributed by atoms with Gasteiger partial charge in [0.05, 0.1) is 0 Å².